The third kappa shape index (κ3) is 11.5. The fourth-order valence-corrected chi connectivity index (χ4v) is 7.41. The molecular formula is C48H42N12O4S+2. The molecule has 3 atom stereocenters. The molecule has 3 heterocycles. The number of amides is 3. The Morgan fingerprint density at radius 3 is 2.12 bits per heavy atom. The number of carbonyl (C=O) groups excluding carboxylic acids is 3. The van der Waals surface area contributed by atoms with Gasteiger partial charge in [-0.15, -0.1) is 21.5 Å². The maximum Gasteiger partial charge on any atom is 0.291 e. The van der Waals surface area contributed by atoms with E-state index in [0.29, 0.717) is 22.0 Å². The summed E-state index contributed by atoms with van der Waals surface area (Å²) in [4.78, 5) is 45.2. The lowest BCUT2D eigenvalue weighted by Gasteiger charge is -2.18. The average Bonchev–Trinajstić information content (AvgIpc) is 3.83. The number of rotatable bonds is 17. The summed E-state index contributed by atoms with van der Waals surface area (Å²) in [6.45, 7) is 3.82. The van der Waals surface area contributed by atoms with Gasteiger partial charge in [0.2, 0.25) is 6.26 Å². The Kier molecular flexibility index (Phi) is 14.5. The Bertz CT molecular complexity index is 2880. The van der Waals surface area contributed by atoms with Gasteiger partial charge in [0.1, 0.15) is 62.2 Å². The van der Waals surface area contributed by atoms with Crippen LogP contribution in [0.4, 0.5) is 0 Å². The summed E-state index contributed by atoms with van der Waals surface area (Å²) in [6, 6.07) is 31.0. The van der Waals surface area contributed by atoms with Gasteiger partial charge < -0.3 is 16.0 Å². The molecule has 0 aliphatic heterocycles. The molecule has 7 rings (SSSR count). The highest BCUT2D eigenvalue weighted by atomic mass is 32.1. The Labute approximate surface area is 378 Å². The molecule has 3 unspecified atom stereocenters. The molecule has 3 amide bonds. The molecule has 1 fully saturated rings. The number of carbonyl (C=O) groups is 3. The largest absolute Gasteiger partial charge is 0.345 e. The molecule has 3 aromatic carbocycles. The van der Waals surface area contributed by atoms with Crippen molar-refractivity contribution in [3.05, 3.63) is 159 Å². The maximum atomic E-state index is 13.6. The average molecular weight is 883 g/mol. The van der Waals surface area contributed by atoms with Gasteiger partial charge in [-0.25, -0.2) is 9.09 Å². The molecule has 1 aliphatic rings. The maximum absolute atomic E-state index is 13.6. The van der Waals surface area contributed by atoms with Crippen LogP contribution in [0.15, 0.2) is 130 Å². The van der Waals surface area contributed by atoms with E-state index in [1.165, 1.54) is 46.2 Å². The fraction of sp³-hybridized carbons (Fsp3) is 0.208. The van der Waals surface area contributed by atoms with Crippen LogP contribution in [-0.2, 0) is 14.4 Å². The molecule has 3 N–H and O–H groups in total. The second-order valence-corrected chi connectivity index (χ2v) is 16.0. The number of hydrogen-bond donors (Lipinski definition) is 3. The third-order valence-electron chi connectivity index (χ3n) is 10.5. The van der Waals surface area contributed by atoms with Crippen molar-refractivity contribution in [2.24, 2.45) is 5.92 Å². The Morgan fingerprint density at radius 2 is 1.48 bits per heavy atom. The van der Waals surface area contributed by atoms with E-state index < -0.39 is 23.8 Å². The SMILES string of the molecule is CCCC(NC(=O)C(C#N)=Cc1cc[n+](-c2ccc(C(NC(=O)C(C#N)=Cc3co[n+](-c4cccc(C(C)NC(=O)C(C#N)=Cc5nncs5)c4)n3)C3CC3)cc2)cn1)c1ccccc1. The highest BCUT2D eigenvalue weighted by Gasteiger charge is 2.34. The first kappa shape index (κ1) is 44.6. The van der Waals surface area contributed by atoms with E-state index in [9.17, 15) is 30.2 Å². The van der Waals surface area contributed by atoms with E-state index in [1.807, 2.05) is 79.7 Å². The van der Waals surface area contributed by atoms with Crippen molar-refractivity contribution in [1.29, 1.82) is 15.8 Å². The predicted octanol–water partition coefficient (Wildman–Crippen LogP) is 6.00. The van der Waals surface area contributed by atoms with Gasteiger partial charge in [0.15, 0.2) is 11.4 Å². The van der Waals surface area contributed by atoms with Gasteiger partial charge in [-0.3, -0.25) is 14.4 Å². The minimum Gasteiger partial charge on any atom is -0.345 e. The minimum absolute atomic E-state index is 0.0477. The smallest absolute Gasteiger partial charge is 0.291 e. The van der Waals surface area contributed by atoms with Crippen LogP contribution in [0.3, 0.4) is 0 Å². The number of nitrogens with one attached hydrogen (secondary N) is 3. The van der Waals surface area contributed by atoms with Crippen LogP contribution in [0, 0.1) is 39.9 Å². The molecule has 6 aromatic rings. The summed E-state index contributed by atoms with van der Waals surface area (Å²) in [7, 11) is 0. The third-order valence-corrected chi connectivity index (χ3v) is 11.1. The minimum atomic E-state index is -0.566. The van der Waals surface area contributed by atoms with E-state index >= 15 is 0 Å². The zero-order chi connectivity index (χ0) is 45.7. The van der Waals surface area contributed by atoms with Gasteiger partial charge in [-0.05, 0) is 78.1 Å². The molecular weight excluding hydrogens is 841 g/mol. The Morgan fingerprint density at radius 1 is 0.800 bits per heavy atom. The molecule has 16 nitrogen and oxygen atoms in total. The van der Waals surface area contributed by atoms with Crippen LogP contribution in [0.5, 0.6) is 0 Å². The summed E-state index contributed by atoms with van der Waals surface area (Å²) in [5.74, 6) is -1.38. The van der Waals surface area contributed by atoms with Crippen LogP contribution >= 0.6 is 11.3 Å². The first-order valence-corrected chi connectivity index (χ1v) is 21.6. The van der Waals surface area contributed by atoms with Gasteiger partial charge in [0, 0.05) is 24.3 Å². The van der Waals surface area contributed by atoms with Crippen molar-refractivity contribution >= 4 is 47.3 Å². The molecule has 0 spiro atoms. The standard InChI is InChI=1S/C48H40N12O4S/c1-3-8-43(32-9-5-4-6-10-32)55-47(62)36(25-49)21-39-19-20-59(29-52-39)41-17-15-34(16-18-41)45(33-13-14-33)56-48(63)37(26-50)22-40-28-64-60(58-40)42-12-7-11-35(23-42)31(2)54-46(61)38(27-51)24-44-57-53-30-65-44/h4-7,9-12,15-24,28-31,33,43,45H,3,8,13-14H2,1-2H3,(H-2,54,55,56,61,62,63)/p+2. The number of hydrogen-bond acceptors (Lipinski definition) is 12. The molecule has 0 radical (unpaired) electrons. The number of aromatic nitrogens is 6. The highest BCUT2D eigenvalue weighted by molar-refractivity contribution is 7.10. The molecule has 1 saturated carbocycles. The molecule has 322 valence electrons. The molecule has 0 saturated heterocycles. The van der Waals surface area contributed by atoms with Crippen molar-refractivity contribution in [3.8, 4) is 29.6 Å². The van der Waals surface area contributed by atoms with Crippen LogP contribution in [0.25, 0.3) is 29.6 Å². The van der Waals surface area contributed by atoms with Crippen molar-refractivity contribution in [1.82, 2.24) is 36.2 Å². The second kappa shape index (κ2) is 21.1. The van der Waals surface area contributed by atoms with Gasteiger partial charge in [-0.1, -0.05) is 67.9 Å². The second-order valence-electron chi connectivity index (χ2n) is 15.1. The Balaban J connectivity index is 0.980. The lowest BCUT2D eigenvalue weighted by atomic mass is 10.0. The molecule has 17 heteroatoms. The van der Waals surface area contributed by atoms with Gasteiger partial charge in [0.25, 0.3) is 29.7 Å². The van der Waals surface area contributed by atoms with Crippen LogP contribution in [0.2, 0.25) is 0 Å². The van der Waals surface area contributed by atoms with E-state index in [2.05, 4.69) is 36.2 Å². The zero-order valence-electron chi connectivity index (χ0n) is 35.3. The zero-order valence-corrected chi connectivity index (χ0v) is 36.1. The normalized spacial score (nSPS) is 14.2. The number of benzene rings is 3. The van der Waals surface area contributed by atoms with E-state index in [0.717, 1.165) is 42.5 Å². The van der Waals surface area contributed by atoms with Crippen molar-refractivity contribution in [2.75, 3.05) is 0 Å². The molecule has 65 heavy (non-hydrogen) atoms. The lowest BCUT2D eigenvalue weighted by Crippen LogP contribution is -2.33. The van der Waals surface area contributed by atoms with Crippen molar-refractivity contribution < 1.29 is 28.3 Å². The summed E-state index contributed by atoms with van der Waals surface area (Å²) < 4.78 is 7.45. The Hall–Kier alpha value is -8.46. The summed E-state index contributed by atoms with van der Waals surface area (Å²) in [6.07, 6.45) is 12.3. The fourth-order valence-electron chi connectivity index (χ4n) is 6.93. The highest BCUT2D eigenvalue weighted by Crippen LogP contribution is 2.41. The van der Waals surface area contributed by atoms with Gasteiger partial charge >= 0.3 is 0 Å². The topological polar surface area (TPSA) is 231 Å². The van der Waals surface area contributed by atoms with Crippen LogP contribution in [-0.4, -0.2) is 38.0 Å². The quantitative estimate of drug-likeness (QED) is 0.0547. The summed E-state index contributed by atoms with van der Waals surface area (Å²) in [5, 5.41) is 50.7. The van der Waals surface area contributed by atoms with Gasteiger partial charge in [0.05, 0.1) is 23.2 Å². The number of nitrogens with zero attached hydrogens (tertiary/aromatic N) is 9. The van der Waals surface area contributed by atoms with E-state index in [4.69, 9.17) is 4.52 Å². The van der Waals surface area contributed by atoms with Crippen LogP contribution < -0.4 is 25.4 Å². The molecule has 3 aromatic heterocycles. The summed E-state index contributed by atoms with van der Waals surface area (Å²) in [5.41, 5.74) is 5.75. The molecule has 1 aliphatic carbocycles. The van der Waals surface area contributed by atoms with Crippen molar-refractivity contribution in [2.45, 2.75) is 57.7 Å². The van der Waals surface area contributed by atoms with Gasteiger partial charge in [-0.2, -0.15) is 15.8 Å². The number of nitriles is 3. The van der Waals surface area contributed by atoms with E-state index in [-0.39, 0.29) is 40.4 Å². The predicted molar refractivity (Wildman–Crippen MR) is 237 cm³/mol. The van der Waals surface area contributed by atoms with Crippen LogP contribution in [0.1, 0.15) is 90.7 Å². The van der Waals surface area contributed by atoms with E-state index in [1.54, 1.807) is 54.3 Å². The first-order valence-electron chi connectivity index (χ1n) is 20.7. The first-order chi connectivity index (χ1) is 31.7. The molecule has 0 bridgehead atoms. The lowest BCUT2D eigenvalue weighted by molar-refractivity contribution is -0.832. The summed E-state index contributed by atoms with van der Waals surface area (Å²) >= 11 is 1.20. The monoisotopic (exact) mass is 882 g/mol. The van der Waals surface area contributed by atoms with Crippen molar-refractivity contribution in [3.63, 3.8) is 0 Å².